The number of amides is 1. The monoisotopic (exact) mass is 356 g/mol. The summed E-state index contributed by atoms with van der Waals surface area (Å²) >= 11 is 0. The fourth-order valence-corrected chi connectivity index (χ4v) is 3.82. The molecule has 2 aliphatic rings. The summed E-state index contributed by atoms with van der Waals surface area (Å²) in [5, 5.41) is 0. The first-order chi connectivity index (χ1) is 11.4. The van der Waals surface area contributed by atoms with E-state index in [1.54, 1.807) is 17.4 Å². The van der Waals surface area contributed by atoms with E-state index in [2.05, 4.69) is 9.71 Å². The largest absolute Gasteiger partial charge is 0.368 e. The van der Waals surface area contributed by atoms with Crippen molar-refractivity contribution < 1.29 is 17.9 Å². The second-order valence-corrected chi connectivity index (χ2v) is 8.39. The van der Waals surface area contributed by atoms with Crippen molar-refractivity contribution in [2.24, 2.45) is 0 Å². The van der Waals surface area contributed by atoms with Gasteiger partial charge >= 0.3 is 0 Å². The molecule has 1 fully saturated rings. The summed E-state index contributed by atoms with van der Waals surface area (Å²) in [6.07, 6.45) is 9.12. The van der Waals surface area contributed by atoms with E-state index in [1.807, 2.05) is 4.57 Å². The van der Waals surface area contributed by atoms with Crippen LogP contribution in [0.2, 0.25) is 0 Å². The summed E-state index contributed by atoms with van der Waals surface area (Å²) in [7, 11) is -3.28. The van der Waals surface area contributed by atoms with Crippen LogP contribution in [-0.4, -0.2) is 60.8 Å². The van der Waals surface area contributed by atoms with Gasteiger partial charge in [-0.25, -0.2) is 18.1 Å². The van der Waals surface area contributed by atoms with Crippen molar-refractivity contribution in [1.29, 1.82) is 0 Å². The highest BCUT2D eigenvalue weighted by molar-refractivity contribution is 7.88. The van der Waals surface area contributed by atoms with Crippen molar-refractivity contribution in [3.63, 3.8) is 0 Å². The molecule has 3 rings (SSSR count). The number of nitrogens with one attached hydrogen (secondary N) is 1. The molecule has 1 N–H and O–H groups in total. The van der Waals surface area contributed by atoms with Gasteiger partial charge in [-0.3, -0.25) is 4.79 Å². The molecule has 0 aromatic carbocycles. The predicted molar refractivity (Wildman–Crippen MR) is 87.7 cm³/mol. The Hall–Kier alpha value is -1.45. The molecule has 1 aromatic rings. The SMILES string of the molecule is CS(=O)(=O)NC[C@@H]1CN(C(=O)COC2CCCC2)Cc2cncn21. The molecular weight excluding hydrogens is 332 g/mol. The van der Waals surface area contributed by atoms with Gasteiger partial charge in [-0.15, -0.1) is 0 Å². The summed E-state index contributed by atoms with van der Waals surface area (Å²) in [5.41, 5.74) is 0.899. The van der Waals surface area contributed by atoms with E-state index in [4.69, 9.17) is 4.74 Å². The Morgan fingerprint density at radius 3 is 2.88 bits per heavy atom. The highest BCUT2D eigenvalue weighted by atomic mass is 32.2. The molecule has 9 heteroatoms. The molecule has 0 radical (unpaired) electrons. The van der Waals surface area contributed by atoms with Gasteiger partial charge < -0.3 is 14.2 Å². The number of hydrogen-bond acceptors (Lipinski definition) is 5. The van der Waals surface area contributed by atoms with Crippen LogP contribution in [0.15, 0.2) is 12.5 Å². The smallest absolute Gasteiger partial charge is 0.249 e. The van der Waals surface area contributed by atoms with E-state index >= 15 is 0 Å². The first-order valence-corrected chi connectivity index (χ1v) is 10.2. The molecule has 0 unspecified atom stereocenters. The normalized spacial score (nSPS) is 21.9. The van der Waals surface area contributed by atoms with Gasteiger partial charge in [-0.05, 0) is 12.8 Å². The minimum Gasteiger partial charge on any atom is -0.368 e. The van der Waals surface area contributed by atoms with Crippen LogP contribution in [0.1, 0.15) is 37.4 Å². The van der Waals surface area contributed by atoms with Crippen LogP contribution in [0.3, 0.4) is 0 Å². The van der Waals surface area contributed by atoms with E-state index in [0.717, 1.165) is 24.8 Å². The molecule has 0 bridgehead atoms. The number of imidazole rings is 1. The third kappa shape index (κ3) is 4.34. The number of carbonyl (C=O) groups excluding carboxylic acids is 1. The molecule has 1 aliphatic heterocycles. The predicted octanol–water partition coefficient (Wildman–Crippen LogP) is 0.275. The summed E-state index contributed by atoms with van der Waals surface area (Å²) in [6.45, 7) is 1.24. The van der Waals surface area contributed by atoms with E-state index in [1.165, 1.54) is 12.8 Å². The lowest BCUT2D eigenvalue weighted by atomic mass is 10.2. The quantitative estimate of drug-likeness (QED) is 0.790. The maximum Gasteiger partial charge on any atom is 0.249 e. The Bertz CT molecular complexity index is 681. The fraction of sp³-hybridized carbons (Fsp3) is 0.733. The van der Waals surface area contributed by atoms with Crippen molar-refractivity contribution in [3.05, 3.63) is 18.2 Å². The number of aromatic nitrogens is 2. The van der Waals surface area contributed by atoms with E-state index in [0.29, 0.717) is 13.1 Å². The topological polar surface area (TPSA) is 93.5 Å². The molecule has 2 heterocycles. The minimum atomic E-state index is -3.28. The van der Waals surface area contributed by atoms with Crippen LogP contribution >= 0.6 is 0 Å². The molecule has 1 saturated carbocycles. The highest BCUT2D eigenvalue weighted by Crippen LogP contribution is 2.23. The molecule has 24 heavy (non-hydrogen) atoms. The lowest BCUT2D eigenvalue weighted by molar-refractivity contribution is -0.140. The first kappa shape index (κ1) is 17.4. The maximum absolute atomic E-state index is 12.5. The van der Waals surface area contributed by atoms with Crippen molar-refractivity contribution >= 4 is 15.9 Å². The van der Waals surface area contributed by atoms with Crippen LogP contribution in [0.4, 0.5) is 0 Å². The molecule has 1 aromatic heterocycles. The summed E-state index contributed by atoms with van der Waals surface area (Å²) in [5.74, 6) is -0.0568. The molecule has 0 spiro atoms. The number of hydrogen-bond donors (Lipinski definition) is 1. The fourth-order valence-electron chi connectivity index (χ4n) is 3.32. The van der Waals surface area contributed by atoms with Gasteiger partial charge in [0, 0.05) is 19.3 Å². The number of sulfonamides is 1. The summed E-state index contributed by atoms with van der Waals surface area (Å²) in [6, 6.07) is -0.165. The van der Waals surface area contributed by atoms with E-state index < -0.39 is 10.0 Å². The van der Waals surface area contributed by atoms with Crippen LogP contribution < -0.4 is 4.72 Å². The van der Waals surface area contributed by atoms with Crippen LogP contribution in [0.5, 0.6) is 0 Å². The number of rotatable bonds is 6. The van der Waals surface area contributed by atoms with Crippen molar-refractivity contribution in [3.8, 4) is 0 Å². The van der Waals surface area contributed by atoms with Gasteiger partial charge in [0.15, 0.2) is 0 Å². The molecule has 134 valence electrons. The number of fused-ring (bicyclic) bond motifs is 1. The molecule has 1 amide bonds. The zero-order valence-corrected chi connectivity index (χ0v) is 14.7. The minimum absolute atomic E-state index is 0.0568. The van der Waals surface area contributed by atoms with Gasteiger partial charge in [-0.1, -0.05) is 12.8 Å². The van der Waals surface area contributed by atoms with Gasteiger partial charge in [0.05, 0.1) is 37.0 Å². The number of nitrogens with zero attached hydrogens (tertiary/aromatic N) is 3. The molecule has 8 nitrogen and oxygen atoms in total. The second kappa shape index (κ2) is 7.20. The Kier molecular flexibility index (Phi) is 5.21. The van der Waals surface area contributed by atoms with Gasteiger partial charge in [0.25, 0.3) is 0 Å². The first-order valence-electron chi connectivity index (χ1n) is 8.27. The number of ether oxygens (including phenoxy) is 1. The third-order valence-electron chi connectivity index (χ3n) is 4.60. The van der Waals surface area contributed by atoms with Gasteiger partial charge in [0.1, 0.15) is 6.61 Å². The average Bonchev–Trinajstić information content (AvgIpc) is 3.20. The van der Waals surface area contributed by atoms with Gasteiger partial charge in [-0.2, -0.15) is 0 Å². The molecule has 1 aliphatic carbocycles. The van der Waals surface area contributed by atoms with Gasteiger partial charge in [0.2, 0.25) is 15.9 Å². The maximum atomic E-state index is 12.5. The zero-order chi connectivity index (χ0) is 17.2. The van der Waals surface area contributed by atoms with Crippen LogP contribution in [0, 0.1) is 0 Å². The van der Waals surface area contributed by atoms with Crippen LogP contribution in [-0.2, 0) is 26.1 Å². The highest BCUT2D eigenvalue weighted by Gasteiger charge is 2.29. The van der Waals surface area contributed by atoms with E-state index in [9.17, 15) is 13.2 Å². The Labute approximate surface area is 142 Å². The molecule has 1 atom stereocenters. The third-order valence-corrected chi connectivity index (χ3v) is 5.29. The van der Waals surface area contributed by atoms with Crippen molar-refractivity contribution in [2.45, 2.75) is 44.4 Å². The lowest BCUT2D eigenvalue weighted by Gasteiger charge is -2.34. The standard InChI is InChI=1S/C15H24N4O4S/c1-24(21,22)17-7-13-9-18(8-12-6-16-11-19(12)13)15(20)10-23-14-4-2-3-5-14/h6,11,13-14,17H,2-5,7-10H2,1H3/t13-/m1/s1. The van der Waals surface area contributed by atoms with Crippen LogP contribution in [0.25, 0.3) is 0 Å². The van der Waals surface area contributed by atoms with Crippen molar-refractivity contribution in [1.82, 2.24) is 19.2 Å². The van der Waals surface area contributed by atoms with Crippen molar-refractivity contribution in [2.75, 3.05) is 26.0 Å². The Balaban J connectivity index is 1.61. The second-order valence-electron chi connectivity index (χ2n) is 6.56. The molecule has 0 saturated heterocycles. The average molecular weight is 356 g/mol. The van der Waals surface area contributed by atoms with E-state index in [-0.39, 0.29) is 31.2 Å². The Morgan fingerprint density at radius 2 is 2.17 bits per heavy atom. The molecular formula is C15H24N4O4S. The summed E-state index contributed by atoms with van der Waals surface area (Å²) in [4.78, 5) is 18.3. The summed E-state index contributed by atoms with van der Waals surface area (Å²) < 4.78 is 32.9. The zero-order valence-electron chi connectivity index (χ0n) is 13.8. The number of carbonyl (C=O) groups is 1. The Morgan fingerprint density at radius 1 is 1.42 bits per heavy atom. The lowest BCUT2D eigenvalue weighted by Crippen LogP contribution is -2.45.